The number of alkyl halides is 2. The molecule has 0 amide bonds. The number of isocyanates is 1. The molecule has 1 saturated carbocycles. The van der Waals surface area contributed by atoms with Crippen LogP contribution in [0.25, 0.3) is 0 Å². The Morgan fingerprint density at radius 3 is 2.56 bits per heavy atom. The van der Waals surface area contributed by atoms with Crippen LogP contribution in [-0.4, -0.2) is 13.2 Å². The number of carbonyl (C=O) groups excluding carboxylic acids is 1. The van der Waals surface area contributed by atoms with Gasteiger partial charge in [-0.2, -0.15) is 4.99 Å². The number of methoxy groups -OCH3 is 1. The number of hydrogen-bond donors (Lipinski definition) is 0. The Kier molecular flexibility index (Phi) is 3.13. The van der Waals surface area contributed by atoms with E-state index in [1.54, 1.807) is 0 Å². The maximum atomic E-state index is 13.4. The second-order valence-electron chi connectivity index (χ2n) is 4.11. The number of ether oxygens (including phenoxy) is 1. The summed E-state index contributed by atoms with van der Waals surface area (Å²) in [6, 6.07) is 1.81. The number of nitrogens with zero attached hydrogens (tertiary/aromatic N) is 1. The third-order valence-corrected chi connectivity index (χ3v) is 3.01. The van der Waals surface area contributed by atoms with Crippen LogP contribution < -0.4 is 4.74 Å². The van der Waals surface area contributed by atoms with Gasteiger partial charge in [-0.3, -0.25) is 0 Å². The van der Waals surface area contributed by atoms with Crippen LogP contribution in [0.15, 0.2) is 17.1 Å². The Balaban J connectivity index is 2.63. The van der Waals surface area contributed by atoms with Crippen molar-refractivity contribution < 1.29 is 22.7 Å². The van der Waals surface area contributed by atoms with Crippen molar-refractivity contribution in [3.05, 3.63) is 29.1 Å². The minimum atomic E-state index is -2.86. The lowest BCUT2D eigenvalue weighted by molar-refractivity contribution is 0.146. The molecule has 2 rings (SSSR count). The number of hydrogen-bond acceptors (Lipinski definition) is 3. The van der Waals surface area contributed by atoms with Gasteiger partial charge in [0.05, 0.1) is 12.7 Å². The Morgan fingerprint density at radius 1 is 1.44 bits per heavy atom. The molecule has 18 heavy (non-hydrogen) atoms. The topological polar surface area (TPSA) is 38.7 Å². The Labute approximate surface area is 101 Å². The quantitative estimate of drug-likeness (QED) is 0.614. The van der Waals surface area contributed by atoms with Crippen LogP contribution in [0.4, 0.5) is 13.2 Å². The lowest BCUT2D eigenvalue weighted by Crippen LogP contribution is -2.08. The average Bonchev–Trinajstić information content (AvgIpc) is 3.09. The molecule has 0 atom stereocenters. The molecular weight excluding hydrogens is 247 g/mol. The lowest BCUT2D eigenvalue weighted by Gasteiger charge is -2.17. The molecule has 0 aromatic heterocycles. The van der Waals surface area contributed by atoms with E-state index in [-0.39, 0.29) is 11.3 Å². The van der Waals surface area contributed by atoms with Gasteiger partial charge in [-0.05, 0) is 25.0 Å². The molecule has 0 N–H and O–H groups in total. The smallest absolute Gasteiger partial charge is 0.267 e. The zero-order chi connectivity index (χ0) is 13.3. The highest BCUT2D eigenvalue weighted by Gasteiger charge is 2.48. The van der Waals surface area contributed by atoms with Gasteiger partial charge < -0.3 is 4.74 Å². The van der Waals surface area contributed by atoms with Gasteiger partial charge in [0.25, 0.3) is 6.43 Å². The highest BCUT2D eigenvalue weighted by molar-refractivity contribution is 5.51. The summed E-state index contributed by atoms with van der Waals surface area (Å²) in [6.07, 6.45) is -0.477. The molecule has 1 aliphatic rings. The van der Waals surface area contributed by atoms with Gasteiger partial charge in [0.15, 0.2) is 0 Å². The molecule has 96 valence electrons. The molecule has 1 aromatic rings. The number of aliphatic imine (C=N–C) groups is 1. The molecule has 0 spiro atoms. The van der Waals surface area contributed by atoms with Gasteiger partial charge in [-0.1, -0.05) is 0 Å². The van der Waals surface area contributed by atoms with E-state index in [4.69, 9.17) is 4.74 Å². The second kappa shape index (κ2) is 4.46. The molecule has 0 radical (unpaired) electrons. The standard InChI is InChI=1S/C12H10F3NO2/c1-18-10-8(11(14)15)4-7(13)5-9(10)12(2-3-12)16-6-17/h4-5,11H,2-3H2,1H3. The van der Waals surface area contributed by atoms with Crippen LogP contribution in [0, 0.1) is 5.82 Å². The van der Waals surface area contributed by atoms with E-state index in [1.807, 2.05) is 0 Å². The van der Waals surface area contributed by atoms with E-state index < -0.39 is 23.3 Å². The predicted octanol–water partition coefficient (Wildman–Crippen LogP) is 3.10. The first-order valence-corrected chi connectivity index (χ1v) is 5.29. The van der Waals surface area contributed by atoms with E-state index in [1.165, 1.54) is 13.2 Å². The molecule has 0 bridgehead atoms. The van der Waals surface area contributed by atoms with Crippen molar-refractivity contribution in [1.29, 1.82) is 0 Å². The molecular formula is C12H10F3NO2. The number of benzene rings is 1. The average molecular weight is 257 g/mol. The predicted molar refractivity (Wildman–Crippen MR) is 56.9 cm³/mol. The van der Waals surface area contributed by atoms with Crippen LogP contribution in [0.3, 0.4) is 0 Å². The molecule has 0 aliphatic heterocycles. The Bertz CT molecular complexity index is 520. The van der Waals surface area contributed by atoms with Crippen LogP contribution >= 0.6 is 0 Å². The SMILES string of the molecule is COc1c(C(F)F)cc(F)cc1C1(N=C=O)CC1. The van der Waals surface area contributed by atoms with Crippen LogP contribution in [0.5, 0.6) is 5.75 Å². The van der Waals surface area contributed by atoms with Crippen LogP contribution in [-0.2, 0) is 10.3 Å². The molecule has 3 nitrogen and oxygen atoms in total. The van der Waals surface area contributed by atoms with Gasteiger partial charge in [-0.15, -0.1) is 0 Å². The highest BCUT2D eigenvalue weighted by Crippen LogP contribution is 2.53. The van der Waals surface area contributed by atoms with Gasteiger partial charge in [-0.25, -0.2) is 18.0 Å². The molecule has 1 aromatic carbocycles. The third kappa shape index (κ3) is 1.99. The summed E-state index contributed by atoms with van der Waals surface area (Å²) >= 11 is 0. The zero-order valence-electron chi connectivity index (χ0n) is 9.54. The zero-order valence-corrected chi connectivity index (χ0v) is 9.54. The first kappa shape index (κ1) is 12.6. The van der Waals surface area contributed by atoms with Gasteiger partial charge >= 0.3 is 0 Å². The third-order valence-electron chi connectivity index (χ3n) is 3.01. The maximum absolute atomic E-state index is 13.4. The van der Waals surface area contributed by atoms with Gasteiger partial charge in [0, 0.05) is 5.56 Å². The molecule has 6 heteroatoms. The van der Waals surface area contributed by atoms with Crippen molar-refractivity contribution in [1.82, 2.24) is 0 Å². The van der Waals surface area contributed by atoms with E-state index in [9.17, 15) is 18.0 Å². The first-order valence-electron chi connectivity index (χ1n) is 5.29. The molecule has 0 unspecified atom stereocenters. The largest absolute Gasteiger partial charge is 0.496 e. The van der Waals surface area contributed by atoms with Crippen molar-refractivity contribution in [2.24, 2.45) is 4.99 Å². The number of halogens is 3. The lowest BCUT2D eigenvalue weighted by atomic mass is 10.00. The summed E-state index contributed by atoms with van der Waals surface area (Å²) in [5, 5.41) is 0. The summed E-state index contributed by atoms with van der Waals surface area (Å²) in [4.78, 5) is 14.0. The van der Waals surface area contributed by atoms with Crippen LogP contribution in [0.2, 0.25) is 0 Å². The fourth-order valence-corrected chi connectivity index (χ4v) is 2.00. The minimum Gasteiger partial charge on any atom is -0.496 e. The summed E-state index contributed by atoms with van der Waals surface area (Å²) in [7, 11) is 1.23. The molecule has 1 aliphatic carbocycles. The Hall–Kier alpha value is -1.81. The van der Waals surface area contributed by atoms with E-state index >= 15 is 0 Å². The summed E-state index contributed by atoms with van der Waals surface area (Å²) in [5.41, 5.74) is -1.29. The van der Waals surface area contributed by atoms with E-state index in [2.05, 4.69) is 4.99 Å². The first-order chi connectivity index (χ1) is 8.54. The van der Waals surface area contributed by atoms with Crippen LogP contribution in [0.1, 0.15) is 30.4 Å². The van der Waals surface area contributed by atoms with Gasteiger partial charge in [0.1, 0.15) is 17.1 Å². The normalized spacial score (nSPS) is 16.3. The fourth-order valence-electron chi connectivity index (χ4n) is 2.00. The molecule has 0 heterocycles. The summed E-state index contributed by atoms with van der Waals surface area (Å²) in [6.45, 7) is 0. The van der Waals surface area contributed by atoms with E-state index in [0.717, 1.165) is 12.1 Å². The fraction of sp³-hybridized carbons (Fsp3) is 0.417. The number of rotatable bonds is 4. The summed E-state index contributed by atoms with van der Waals surface area (Å²) in [5.74, 6) is -0.906. The van der Waals surface area contributed by atoms with Gasteiger partial charge in [0.2, 0.25) is 6.08 Å². The highest BCUT2D eigenvalue weighted by atomic mass is 19.3. The van der Waals surface area contributed by atoms with Crippen molar-refractivity contribution in [3.63, 3.8) is 0 Å². The minimum absolute atomic E-state index is 0.108. The molecule has 0 saturated heterocycles. The van der Waals surface area contributed by atoms with Crippen molar-refractivity contribution in [3.8, 4) is 5.75 Å². The second-order valence-corrected chi connectivity index (χ2v) is 4.11. The van der Waals surface area contributed by atoms with Crippen molar-refractivity contribution >= 4 is 6.08 Å². The Morgan fingerprint density at radius 2 is 2.11 bits per heavy atom. The molecule has 1 fully saturated rings. The summed E-state index contributed by atoms with van der Waals surface area (Å²) < 4.78 is 43.9. The maximum Gasteiger partial charge on any atom is 0.267 e. The van der Waals surface area contributed by atoms with Crippen molar-refractivity contribution in [2.75, 3.05) is 7.11 Å². The van der Waals surface area contributed by atoms with E-state index in [0.29, 0.717) is 12.8 Å². The van der Waals surface area contributed by atoms with Crippen molar-refractivity contribution in [2.45, 2.75) is 24.8 Å². The monoisotopic (exact) mass is 257 g/mol.